The molecule has 7 nitrogen and oxygen atoms in total. The van der Waals surface area contributed by atoms with Crippen molar-refractivity contribution >= 4 is 21.7 Å². The Hall–Kier alpha value is -3.26. The van der Waals surface area contributed by atoms with Crippen molar-refractivity contribution in [2.45, 2.75) is 65.7 Å². The molecule has 190 valence electrons. The third kappa shape index (κ3) is 5.59. The summed E-state index contributed by atoms with van der Waals surface area (Å²) in [5.74, 6) is 0.0951. The number of ketones is 1. The van der Waals surface area contributed by atoms with Gasteiger partial charge in [0.05, 0.1) is 0 Å². The molecule has 1 amide bonds. The first kappa shape index (κ1) is 25.8. The maximum absolute atomic E-state index is 13.2. The Morgan fingerprint density at radius 2 is 1.72 bits per heavy atom. The van der Waals surface area contributed by atoms with Gasteiger partial charge in [0.2, 0.25) is 5.88 Å². The molecule has 1 fully saturated rings. The molecule has 1 saturated carbocycles. The van der Waals surface area contributed by atoms with Gasteiger partial charge in [0.15, 0.2) is 5.78 Å². The van der Waals surface area contributed by atoms with E-state index in [1.807, 2.05) is 37.6 Å². The second-order valence-electron chi connectivity index (χ2n) is 9.90. The molecular weight excluding hydrogens is 476 g/mol. The van der Waals surface area contributed by atoms with Gasteiger partial charge in [-0.1, -0.05) is 49.6 Å². The second-order valence-corrected chi connectivity index (χ2v) is 11.5. The summed E-state index contributed by atoms with van der Waals surface area (Å²) in [4.78, 5) is 29.6. The molecule has 36 heavy (non-hydrogen) atoms. The molecule has 1 N–H and O–H groups in total. The topological polar surface area (TPSA) is 102 Å². The first-order valence-electron chi connectivity index (χ1n) is 12.3. The minimum atomic E-state index is -4.35. The summed E-state index contributed by atoms with van der Waals surface area (Å²) in [7, 11) is -4.35. The third-order valence-corrected chi connectivity index (χ3v) is 8.24. The zero-order valence-electron chi connectivity index (χ0n) is 21.1. The summed E-state index contributed by atoms with van der Waals surface area (Å²) in [6, 6.07) is 7.30. The molecule has 1 aromatic carbocycles. The van der Waals surface area contributed by atoms with Gasteiger partial charge in [0.1, 0.15) is 16.2 Å². The number of aryl methyl sites for hydroxylation is 3. The number of sulfonamides is 1. The van der Waals surface area contributed by atoms with Crippen molar-refractivity contribution < 1.29 is 22.7 Å². The van der Waals surface area contributed by atoms with E-state index in [-0.39, 0.29) is 23.8 Å². The SMILES string of the molecule is Cc1cc(C)c(Oc2nc(C3CCC(C)CC3)ccc2C(=O)NS(=O)(=O)C2=CC=CCC2=O)c(C)c1. The first-order chi connectivity index (χ1) is 17.0. The van der Waals surface area contributed by atoms with Crippen molar-refractivity contribution in [3.8, 4) is 11.6 Å². The molecular formula is C28H32N2O5S. The van der Waals surface area contributed by atoms with E-state index in [0.717, 1.165) is 48.1 Å². The summed E-state index contributed by atoms with van der Waals surface area (Å²) in [5, 5.41) is 0. The van der Waals surface area contributed by atoms with Crippen molar-refractivity contribution in [2.75, 3.05) is 0 Å². The predicted octanol–water partition coefficient (Wildman–Crippen LogP) is 5.57. The van der Waals surface area contributed by atoms with Gasteiger partial charge in [-0.05, 0) is 68.9 Å². The number of allylic oxidation sites excluding steroid dienone is 4. The van der Waals surface area contributed by atoms with Gasteiger partial charge in [-0.2, -0.15) is 0 Å². The lowest BCUT2D eigenvalue weighted by atomic mass is 9.81. The predicted molar refractivity (Wildman–Crippen MR) is 139 cm³/mol. The molecule has 0 atom stereocenters. The standard InChI is InChI=1S/C28H32N2O5S/c1-17-9-11-21(12-10-17)23-14-13-22(27(32)30-36(33,34)25-8-6-5-7-24(25)31)28(29-23)35-26-19(3)15-18(2)16-20(26)4/h5-6,8,13-17,21H,7,9-12H2,1-4H3,(H,30,32). The van der Waals surface area contributed by atoms with E-state index in [1.165, 1.54) is 12.2 Å². The molecule has 2 aromatic rings. The lowest BCUT2D eigenvalue weighted by Crippen LogP contribution is -2.34. The van der Waals surface area contributed by atoms with Crippen LogP contribution in [0.5, 0.6) is 11.6 Å². The number of pyridine rings is 1. The van der Waals surface area contributed by atoms with Crippen molar-refractivity contribution in [1.29, 1.82) is 0 Å². The summed E-state index contributed by atoms with van der Waals surface area (Å²) < 4.78 is 33.9. The Balaban J connectivity index is 1.71. The highest BCUT2D eigenvalue weighted by atomic mass is 32.2. The summed E-state index contributed by atoms with van der Waals surface area (Å²) in [6.07, 6.45) is 8.43. The van der Waals surface area contributed by atoms with E-state index < -0.39 is 26.6 Å². The lowest BCUT2D eigenvalue weighted by Gasteiger charge is -2.26. The van der Waals surface area contributed by atoms with E-state index in [9.17, 15) is 18.0 Å². The average Bonchev–Trinajstić information content (AvgIpc) is 2.81. The Kier molecular flexibility index (Phi) is 7.45. The zero-order valence-corrected chi connectivity index (χ0v) is 21.9. The van der Waals surface area contributed by atoms with Crippen molar-refractivity contribution in [3.05, 3.63) is 75.3 Å². The fourth-order valence-corrected chi connectivity index (χ4v) is 6.01. The summed E-state index contributed by atoms with van der Waals surface area (Å²) >= 11 is 0. The number of nitrogens with one attached hydrogen (secondary N) is 1. The molecule has 0 aliphatic heterocycles. The molecule has 0 saturated heterocycles. The van der Waals surface area contributed by atoms with Crippen LogP contribution in [0.1, 0.15) is 77.7 Å². The molecule has 4 rings (SSSR count). The van der Waals surface area contributed by atoms with Gasteiger partial charge in [-0.3, -0.25) is 9.59 Å². The van der Waals surface area contributed by atoms with Crippen molar-refractivity contribution in [1.82, 2.24) is 9.71 Å². The van der Waals surface area contributed by atoms with Crippen LogP contribution in [0.4, 0.5) is 0 Å². The molecule has 2 aliphatic carbocycles. The zero-order chi connectivity index (χ0) is 26.0. The highest BCUT2D eigenvalue weighted by Crippen LogP contribution is 2.37. The van der Waals surface area contributed by atoms with Crippen LogP contribution in [0.15, 0.2) is 47.4 Å². The van der Waals surface area contributed by atoms with Crippen molar-refractivity contribution in [3.63, 3.8) is 0 Å². The Morgan fingerprint density at radius 1 is 1.06 bits per heavy atom. The van der Waals surface area contributed by atoms with Crippen LogP contribution in [0.25, 0.3) is 0 Å². The molecule has 0 radical (unpaired) electrons. The van der Waals surface area contributed by atoms with Gasteiger partial charge >= 0.3 is 0 Å². The van der Waals surface area contributed by atoms with E-state index in [0.29, 0.717) is 11.7 Å². The van der Waals surface area contributed by atoms with Gasteiger partial charge in [0.25, 0.3) is 15.9 Å². The molecule has 1 heterocycles. The van der Waals surface area contributed by atoms with E-state index in [4.69, 9.17) is 9.72 Å². The monoisotopic (exact) mass is 508 g/mol. The average molecular weight is 509 g/mol. The second kappa shape index (κ2) is 10.4. The van der Waals surface area contributed by atoms with Gasteiger partial charge < -0.3 is 4.74 Å². The van der Waals surface area contributed by atoms with Gasteiger partial charge in [-0.15, -0.1) is 0 Å². The normalized spacial score (nSPS) is 20.1. The fourth-order valence-electron chi connectivity index (χ4n) is 4.91. The number of benzene rings is 1. The number of Topliss-reactive ketones (excluding diaryl/α,β-unsaturated/α-hetero) is 1. The highest BCUT2D eigenvalue weighted by Gasteiger charge is 2.30. The molecule has 2 aliphatic rings. The quantitative estimate of drug-likeness (QED) is 0.548. The Bertz CT molecular complexity index is 1340. The highest BCUT2D eigenvalue weighted by molar-refractivity contribution is 7.95. The van der Waals surface area contributed by atoms with E-state index in [2.05, 4.69) is 6.92 Å². The Morgan fingerprint density at radius 3 is 2.36 bits per heavy atom. The van der Waals surface area contributed by atoms with Gasteiger partial charge in [-0.25, -0.2) is 18.1 Å². The number of aromatic nitrogens is 1. The molecule has 0 spiro atoms. The van der Waals surface area contributed by atoms with E-state index in [1.54, 1.807) is 18.2 Å². The number of ether oxygens (including phenoxy) is 1. The maximum atomic E-state index is 13.2. The third-order valence-electron chi connectivity index (χ3n) is 6.84. The number of hydrogen-bond acceptors (Lipinski definition) is 6. The van der Waals surface area contributed by atoms with E-state index >= 15 is 0 Å². The molecule has 0 bridgehead atoms. The fraction of sp³-hybridized carbons (Fsp3) is 0.393. The Labute approximate surface area is 212 Å². The van der Waals surface area contributed by atoms with Crippen LogP contribution in [0, 0.1) is 26.7 Å². The molecule has 1 aromatic heterocycles. The van der Waals surface area contributed by atoms with Crippen LogP contribution < -0.4 is 9.46 Å². The number of hydrogen-bond donors (Lipinski definition) is 1. The van der Waals surface area contributed by atoms with Crippen LogP contribution in [0.2, 0.25) is 0 Å². The van der Waals surface area contributed by atoms with Crippen LogP contribution >= 0.6 is 0 Å². The minimum absolute atomic E-state index is 0.00900. The smallest absolute Gasteiger partial charge is 0.270 e. The molecule has 0 unspecified atom stereocenters. The van der Waals surface area contributed by atoms with Crippen LogP contribution in [-0.2, 0) is 14.8 Å². The van der Waals surface area contributed by atoms with Crippen molar-refractivity contribution in [2.24, 2.45) is 5.92 Å². The largest absolute Gasteiger partial charge is 0.438 e. The number of nitrogens with zero attached hydrogens (tertiary/aromatic N) is 1. The minimum Gasteiger partial charge on any atom is -0.438 e. The molecule has 8 heteroatoms. The first-order valence-corrected chi connectivity index (χ1v) is 13.8. The van der Waals surface area contributed by atoms with Crippen LogP contribution in [-0.4, -0.2) is 25.1 Å². The van der Waals surface area contributed by atoms with Crippen LogP contribution in [0.3, 0.4) is 0 Å². The summed E-state index contributed by atoms with van der Waals surface area (Å²) in [6.45, 7) is 8.07. The maximum Gasteiger partial charge on any atom is 0.270 e. The number of amides is 1. The number of rotatable bonds is 6. The van der Waals surface area contributed by atoms with Gasteiger partial charge in [0, 0.05) is 18.0 Å². The summed E-state index contributed by atoms with van der Waals surface area (Å²) in [5.41, 5.74) is 3.67. The number of carbonyl (C=O) groups is 2. The lowest BCUT2D eigenvalue weighted by molar-refractivity contribution is -0.114. The number of carbonyl (C=O) groups excluding carboxylic acids is 2.